The van der Waals surface area contributed by atoms with Crippen molar-refractivity contribution >= 4 is 70.8 Å². The Morgan fingerprint density at radius 2 is 1.58 bits per heavy atom. The SMILES string of the molecule is COc1cc(-c2cn(C)c(=O)c3cnccc23)cc(OC)c1CN(C)CC(=O)NCCCCCCCCNc1cccc2c1C(=O)N(C1CCC(=O)NC1=O)C2=O.Cl.Cl. The van der Waals surface area contributed by atoms with Crippen LogP contribution in [0.3, 0.4) is 0 Å². The van der Waals surface area contributed by atoms with Crippen LogP contribution in [-0.2, 0) is 28.0 Å². The molecule has 1 saturated heterocycles. The summed E-state index contributed by atoms with van der Waals surface area (Å²) in [6, 6.07) is 9.72. The van der Waals surface area contributed by atoms with Crippen molar-refractivity contribution in [2.45, 2.75) is 64.0 Å². The van der Waals surface area contributed by atoms with Gasteiger partial charge in [0, 0.05) is 62.9 Å². The van der Waals surface area contributed by atoms with Crippen LogP contribution in [0.5, 0.6) is 11.5 Å². The number of unbranched alkanes of at least 4 members (excludes halogenated alkanes) is 5. The molecule has 0 aliphatic carbocycles. The number of carbonyl (C=O) groups is 5. The minimum absolute atomic E-state index is 0. The number of hydrogen-bond donors (Lipinski definition) is 3. The molecule has 17 heteroatoms. The number of aryl methyl sites for hydroxylation is 1. The highest BCUT2D eigenvalue weighted by atomic mass is 35.5. The number of pyridine rings is 2. The van der Waals surface area contributed by atoms with Gasteiger partial charge in [-0.3, -0.25) is 48.9 Å². The Hall–Kier alpha value is -5.51. The van der Waals surface area contributed by atoms with E-state index in [2.05, 4.69) is 20.9 Å². The molecule has 3 N–H and O–H groups in total. The summed E-state index contributed by atoms with van der Waals surface area (Å²) in [5.74, 6) is -0.937. The lowest BCUT2D eigenvalue weighted by Gasteiger charge is -2.27. The van der Waals surface area contributed by atoms with Gasteiger partial charge in [-0.2, -0.15) is 0 Å². The Balaban J connectivity index is 0.00000384. The largest absolute Gasteiger partial charge is 0.496 e. The molecule has 0 bridgehead atoms. The molecule has 5 amide bonds. The average Bonchev–Trinajstić information content (AvgIpc) is 3.45. The number of fused-ring (bicyclic) bond motifs is 2. The topological polar surface area (TPSA) is 181 Å². The summed E-state index contributed by atoms with van der Waals surface area (Å²) >= 11 is 0. The zero-order valence-electron chi connectivity index (χ0n) is 33.6. The van der Waals surface area contributed by atoms with Crippen LogP contribution in [0.25, 0.3) is 21.9 Å². The first-order valence-corrected chi connectivity index (χ1v) is 19.2. The number of methoxy groups -OCH3 is 2. The van der Waals surface area contributed by atoms with Crippen LogP contribution < -0.4 is 31.0 Å². The number of amides is 5. The van der Waals surface area contributed by atoms with Gasteiger partial charge in [-0.25, -0.2) is 0 Å². The second kappa shape index (κ2) is 21.0. The van der Waals surface area contributed by atoms with E-state index in [4.69, 9.17) is 9.47 Å². The molecule has 0 radical (unpaired) electrons. The Morgan fingerprint density at radius 3 is 2.25 bits per heavy atom. The van der Waals surface area contributed by atoms with Crippen molar-refractivity contribution in [3.8, 4) is 22.6 Å². The van der Waals surface area contributed by atoms with E-state index in [0.29, 0.717) is 42.2 Å². The molecule has 0 spiro atoms. The van der Waals surface area contributed by atoms with Crippen molar-refractivity contribution in [1.29, 1.82) is 0 Å². The molecule has 0 saturated carbocycles. The van der Waals surface area contributed by atoms with Crippen LogP contribution in [0.4, 0.5) is 5.69 Å². The molecule has 2 aromatic carbocycles. The van der Waals surface area contributed by atoms with Crippen LogP contribution in [0.1, 0.15) is 77.6 Å². The van der Waals surface area contributed by atoms with E-state index in [0.717, 1.165) is 65.5 Å². The summed E-state index contributed by atoms with van der Waals surface area (Å²) in [6.45, 7) is 1.81. The average molecular weight is 853 g/mol. The number of benzene rings is 2. The maximum absolute atomic E-state index is 13.3. The van der Waals surface area contributed by atoms with Crippen molar-refractivity contribution in [3.63, 3.8) is 0 Å². The van der Waals surface area contributed by atoms with Crippen LogP contribution in [0.2, 0.25) is 0 Å². The van der Waals surface area contributed by atoms with Crippen LogP contribution in [0, 0.1) is 0 Å². The highest BCUT2D eigenvalue weighted by Gasteiger charge is 2.45. The number of halogens is 2. The van der Waals surface area contributed by atoms with E-state index < -0.39 is 29.7 Å². The summed E-state index contributed by atoms with van der Waals surface area (Å²) in [6.07, 6.45) is 10.9. The number of nitrogens with one attached hydrogen (secondary N) is 3. The molecule has 2 aliphatic heterocycles. The lowest BCUT2D eigenvalue weighted by atomic mass is 9.99. The first kappa shape index (κ1) is 46.2. The van der Waals surface area contributed by atoms with Crippen molar-refractivity contribution in [1.82, 2.24) is 30.0 Å². The summed E-state index contributed by atoms with van der Waals surface area (Å²) in [5, 5.41) is 9.83. The van der Waals surface area contributed by atoms with Gasteiger partial charge in [0.25, 0.3) is 17.4 Å². The third-order valence-corrected chi connectivity index (χ3v) is 10.5. The van der Waals surface area contributed by atoms with Crippen LogP contribution in [-0.4, -0.2) is 95.8 Å². The molecule has 2 aromatic heterocycles. The fourth-order valence-corrected chi connectivity index (χ4v) is 7.53. The zero-order valence-corrected chi connectivity index (χ0v) is 35.3. The molecule has 59 heavy (non-hydrogen) atoms. The van der Waals surface area contributed by atoms with Crippen LogP contribution >= 0.6 is 24.8 Å². The molecular formula is C42H51Cl2N7O8. The van der Waals surface area contributed by atoms with Gasteiger partial charge in [-0.05, 0) is 67.6 Å². The van der Waals surface area contributed by atoms with Crippen molar-refractivity contribution < 1.29 is 33.4 Å². The van der Waals surface area contributed by atoms with Gasteiger partial charge >= 0.3 is 0 Å². The molecule has 1 atom stereocenters. The highest BCUT2D eigenvalue weighted by Crippen LogP contribution is 2.38. The Morgan fingerprint density at radius 1 is 0.898 bits per heavy atom. The van der Waals surface area contributed by atoms with Gasteiger partial charge < -0.3 is 24.7 Å². The smallest absolute Gasteiger partial charge is 0.264 e. The number of nitrogens with zero attached hydrogens (tertiary/aromatic N) is 4. The summed E-state index contributed by atoms with van der Waals surface area (Å²) in [5.41, 5.74) is 3.42. The van der Waals surface area contributed by atoms with Crippen molar-refractivity contribution in [2.75, 3.05) is 46.2 Å². The minimum Gasteiger partial charge on any atom is -0.496 e. The van der Waals surface area contributed by atoms with Gasteiger partial charge in [0.2, 0.25) is 17.7 Å². The molecule has 2 aliphatic rings. The second-order valence-corrected chi connectivity index (χ2v) is 14.5. The van der Waals surface area contributed by atoms with Crippen molar-refractivity contribution in [2.24, 2.45) is 7.05 Å². The van der Waals surface area contributed by atoms with E-state index in [1.165, 1.54) is 4.57 Å². The van der Waals surface area contributed by atoms with E-state index in [1.807, 2.05) is 30.1 Å². The third-order valence-electron chi connectivity index (χ3n) is 10.5. The number of hydrogen-bond acceptors (Lipinski definition) is 11. The molecule has 316 valence electrons. The number of rotatable bonds is 18. The summed E-state index contributed by atoms with van der Waals surface area (Å²) in [7, 11) is 6.77. The Labute approximate surface area is 355 Å². The lowest BCUT2D eigenvalue weighted by Crippen LogP contribution is -2.54. The maximum Gasteiger partial charge on any atom is 0.264 e. The number of piperidine rings is 1. The fraction of sp³-hybridized carbons (Fsp3) is 0.405. The van der Waals surface area contributed by atoms with E-state index in [1.54, 1.807) is 58.1 Å². The highest BCUT2D eigenvalue weighted by molar-refractivity contribution is 6.25. The second-order valence-electron chi connectivity index (χ2n) is 14.5. The van der Waals surface area contributed by atoms with Gasteiger partial charge in [-0.1, -0.05) is 31.7 Å². The number of imide groups is 2. The standard InChI is InChI=1S/C42H49N7O8.2ClH/c1-47(23-31-34(56-3)20-26(21-35(31)57-4)30-24-48(2)40(53)29-22-43-19-16-27(29)30)25-37(51)45-18-10-8-6-5-7-9-17-44-32-13-11-12-28-38(32)42(55)49(41(28)54)33-14-15-36(50)46-39(33)52;;/h11-13,16,19-22,24,33,44H,5-10,14-15,17-18,23,25H2,1-4H3,(H,45,51)(H,46,50,52);2*1H. The monoisotopic (exact) mass is 851 g/mol. The maximum atomic E-state index is 13.3. The Kier molecular flexibility index (Phi) is 16.4. The third kappa shape index (κ3) is 10.4. The first-order chi connectivity index (χ1) is 27.5. The Bertz CT molecular complexity index is 2240. The van der Waals surface area contributed by atoms with E-state index in [9.17, 15) is 28.8 Å². The predicted octanol–water partition coefficient (Wildman–Crippen LogP) is 4.86. The molecule has 1 fully saturated rings. The molecule has 4 heterocycles. The number of ether oxygens (including phenoxy) is 2. The number of carbonyl (C=O) groups excluding carboxylic acids is 5. The molecule has 15 nitrogen and oxygen atoms in total. The van der Waals surface area contributed by atoms with Crippen LogP contribution in [0.15, 0.2) is 59.8 Å². The van der Waals surface area contributed by atoms with Gasteiger partial charge in [-0.15, -0.1) is 24.8 Å². The molecule has 1 unspecified atom stereocenters. The van der Waals surface area contributed by atoms with E-state index >= 15 is 0 Å². The lowest BCUT2D eigenvalue weighted by molar-refractivity contribution is -0.136. The quantitative estimate of drug-likeness (QED) is 0.0919. The first-order valence-electron chi connectivity index (χ1n) is 19.2. The fourth-order valence-electron chi connectivity index (χ4n) is 7.53. The van der Waals surface area contributed by atoms with E-state index in [-0.39, 0.29) is 66.8 Å². The van der Waals surface area contributed by atoms with Crippen molar-refractivity contribution in [3.05, 3.63) is 82.0 Å². The molecule has 4 aromatic rings. The number of aromatic nitrogens is 2. The van der Waals surface area contributed by atoms with Gasteiger partial charge in [0.1, 0.15) is 17.5 Å². The molecular weight excluding hydrogens is 801 g/mol. The normalized spacial score (nSPS) is 14.7. The predicted molar refractivity (Wildman–Crippen MR) is 229 cm³/mol. The number of anilines is 1. The van der Waals surface area contributed by atoms with Gasteiger partial charge in [0.15, 0.2) is 0 Å². The summed E-state index contributed by atoms with van der Waals surface area (Å²) in [4.78, 5) is 82.8. The van der Waals surface area contributed by atoms with Gasteiger partial charge in [0.05, 0.1) is 42.8 Å². The zero-order chi connectivity index (χ0) is 40.6. The molecule has 6 rings (SSSR count). The minimum atomic E-state index is -0.997. The number of likely N-dealkylation sites (N-methyl/N-ethyl adjacent to an activating group) is 1. The summed E-state index contributed by atoms with van der Waals surface area (Å²) < 4.78 is 13.1.